The van der Waals surface area contributed by atoms with Gasteiger partial charge in [0, 0.05) is 13.1 Å². The van der Waals surface area contributed by atoms with Crippen LogP contribution in [0.4, 0.5) is 30.5 Å². The summed E-state index contributed by atoms with van der Waals surface area (Å²) in [5, 5.41) is 12.2. The number of alkyl halides is 3. The Morgan fingerprint density at radius 3 is 2.62 bits per heavy atom. The van der Waals surface area contributed by atoms with Crippen LogP contribution in [-0.2, 0) is 10.9 Å². The van der Waals surface area contributed by atoms with Crippen LogP contribution < -0.4 is 10.2 Å². The maximum atomic E-state index is 13.2. The molecule has 0 spiro atoms. The van der Waals surface area contributed by atoms with Crippen LogP contribution in [0.2, 0.25) is 0 Å². The summed E-state index contributed by atoms with van der Waals surface area (Å²) in [7, 11) is 0. The standard InChI is InChI=1S/C19H17F3N4O3/c20-19(21,22)12-3-1-2-4-13(12)23-18-24-14-9-11(17(27)28)16(10-15(14)25-18)26-5-7-29-8-6-26/h1-4,9-10H,5-8H2,(H,27,28)(H2,23,24,25). The van der Waals surface area contributed by atoms with Crippen molar-refractivity contribution in [3.63, 3.8) is 0 Å². The minimum Gasteiger partial charge on any atom is -0.478 e. The molecule has 0 amide bonds. The minimum atomic E-state index is -4.52. The number of fused-ring (bicyclic) bond motifs is 1. The molecule has 0 aliphatic carbocycles. The molecule has 0 atom stereocenters. The van der Waals surface area contributed by atoms with E-state index < -0.39 is 17.7 Å². The number of carboxylic acids is 1. The molecule has 29 heavy (non-hydrogen) atoms. The fraction of sp³-hybridized carbons (Fsp3) is 0.263. The summed E-state index contributed by atoms with van der Waals surface area (Å²) in [4.78, 5) is 20.8. The van der Waals surface area contributed by atoms with E-state index in [1.807, 2.05) is 4.90 Å². The number of hydrogen-bond acceptors (Lipinski definition) is 5. The van der Waals surface area contributed by atoms with E-state index >= 15 is 0 Å². The first kappa shape index (κ1) is 19.1. The second-order valence-corrected chi connectivity index (χ2v) is 6.54. The molecule has 0 unspecified atom stereocenters. The molecule has 152 valence electrons. The van der Waals surface area contributed by atoms with E-state index in [9.17, 15) is 23.1 Å². The molecular weight excluding hydrogens is 389 g/mol. The summed E-state index contributed by atoms with van der Waals surface area (Å²) in [6.07, 6.45) is -4.52. The quantitative estimate of drug-likeness (QED) is 0.610. The number of aromatic nitrogens is 2. The van der Waals surface area contributed by atoms with E-state index in [2.05, 4.69) is 15.3 Å². The first-order valence-electron chi connectivity index (χ1n) is 8.86. The number of imidazole rings is 1. The van der Waals surface area contributed by atoms with Crippen LogP contribution in [0.15, 0.2) is 36.4 Å². The summed E-state index contributed by atoms with van der Waals surface area (Å²) >= 11 is 0. The Kier molecular flexibility index (Phi) is 4.79. The van der Waals surface area contributed by atoms with Crippen molar-refractivity contribution in [2.45, 2.75) is 6.18 Å². The number of aromatic carboxylic acids is 1. The molecule has 7 nitrogen and oxygen atoms in total. The Labute approximate surface area is 163 Å². The van der Waals surface area contributed by atoms with Gasteiger partial charge in [0.25, 0.3) is 0 Å². The van der Waals surface area contributed by atoms with Gasteiger partial charge in [-0.2, -0.15) is 13.2 Å². The summed E-state index contributed by atoms with van der Waals surface area (Å²) in [6, 6.07) is 8.14. The highest BCUT2D eigenvalue weighted by atomic mass is 19.4. The molecule has 1 saturated heterocycles. The molecule has 1 aliphatic heterocycles. The number of nitrogens with one attached hydrogen (secondary N) is 2. The highest BCUT2D eigenvalue weighted by Crippen LogP contribution is 2.36. The summed E-state index contributed by atoms with van der Waals surface area (Å²) < 4.78 is 44.9. The number of carboxylic acid groups (broad SMARTS) is 1. The maximum Gasteiger partial charge on any atom is 0.418 e. The molecule has 3 aromatic rings. The number of nitrogens with zero attached hydrogens (tertiary/aromatic N) is 2. The van der Waals surface area contributed by atoms with Gasteiger partial charge in [-0.1, -0.05) is 12.1 Å². The van der Waals surface area contributed by atoms with E-state index in [1.165, 1.54) is 24.3 Å². The highest BCUT2D eigenvalue weighted by molar-refractivity contribution is 6.00. The summed E-state index contributed by atoms with van der Waals surface area (Å²) in [5.74, 6) is -1.01. The van der Waals surface area contributed by atoms with E-state index in [1.54, 1.807) is 6.07 Å². The van der Waals surface area contributed by atoms with E-state index in [4.69, 9.17) is 4.74 Å². The predicted octanol–water partition coefficient (Wildman–Crippen LogP) is 3.86. The van der Waals surface area contributed by atoms with Crippen molar-refractivity contribution >= 4 is 34.3 Å². The Morgan fingerprint density at radius 2 is 1.93 bits per heavy atom. The molecule has 0 saturated carbocycles. The van der Waals surface area contributed by atoms with Crippen molar-refractivity contribution in [1.29, 1.82) is 0 Å². The van der Waals surface area contributed by atoms with Gasteiger partial charge in [0.05, 0.1) is 46.7 Å². The summed E-state index contributed by atoms with van der Waals surface area (Å²) in [5.41, 5.74) is 0.480. The van der Waals surface area contributed by atoms with Crippen LogP contribution in [0.25, 0.3) is 11.0 Å². The van der Waals surface area contributed by atoms with Gasteiger partial charge in [-0.15, -0.1) is 0 Å². The first-order valence-corrected chi connectivity index (χ1v) is 8.86. The zero-order valence-electron chi connectivity index (χ0n) is 15.1. The van der Waals surface area contributed by atoms with Crippen molar-refractivity contribution in [2.75, 3.05) is 36.5 Å². The number of ether oxygens (including phenoxy) is 1. The molecule has 0 bridgehead atoms. The van der Waals surface area contributed by atoms with Gasteiger partial charge >= 0.3 is 12.1 Å². The monoisotopic (exact) mass is 406 g/mol. The number of hydrogen-bond donors (Lipinski definition) is 3. The lowest BCUT2D eigenvalue weighted by Crippen LogP contribution is -2.37. The lowest BCUT2D eigenvalue weighted by Gasteiger charge is -2.29. The number of carbonyl (C=O) groups is 1. The molecule has 0 radical (unpaired) electrons. The number of rotatable bonds is 4. The average molecular weight is 406 g/mol. The lowest BCUT2D eigenvalue weighted by atomic mass is 10.1. The molecular formula is C19H17F3N4O3. The third-order valence-corrected chi connectivity index (χ3v) is 4.67. The second-order valence-electron chi connectivity index (χ2n) is 6.54. The minimum absolute atomic E-state index is 0.0882. The van der Waals surface area contributed by atoms with Crippen LogP contribution in [0, 0.1) is 0 Å². The number of benzene rings is 2. The molecule has 4 rings (SSSR count). The van der Waals surface area contributed by atoms with Gasteiger partial charge in [0.2, 0.25) is 5.95 Å². The molecule has 1 aromatic heterocycles. The smallest absolute Gasteiger partial charge is 0.418 e. The predicted molar refractivity (Wildman–Crippen MR) is 101 cm³/mol. The van der Waals surface area contributed by atoms with Crippen LogP contribution in [-0.4, -0.2) is 47.3 Å². The lowest BCUT2D eigenvalue weighted by molar-refractivity contribution is -0.136. The largest absolute Gasteiger partial charge is 0.478 e. The Balaban J connectivity index is 1.72. The van der Waals surface area contributed by atoms with Crippen molar-refractivity contribution < 1.29 is 27.8 Å². The van der Waals surface area contributed by atoms with Gasteiger partial charge in [-0.3, -0.25) is 0 Å². The van der Waals surface area contributed by atoms with Crippen LogP contribution in [0.1, 0.15) is 15.9 Å². The van der Waals surface area contributed by atoms with E-state index in [0.29, 0.717) is 43.0 Å². The topological polar surface area (TPSA) is 90.5 Å². The number of halogens is 3. The van der Waals surface area contributed by atoms with Crippen molar-refractivity contribution in [1.82, 2.24) is 9.97 Å². The molecule has 10 heteroatoms. The SMILES string of the molecule is O=C(O)c1cc2[nH]c(Nc3ccccc3C(F)(F)F)nc2cc1N1CCOCC1. The Bertz CT molecular complexity index is 1060. The third-order valence-electron chi connectivity index (χ3n) is 4.67. The van der Waals surface area contributed by atoms with Gasteiger partial charge in [-0.25, -0.2) is 9.78 Å². The fourth-order valence-corrected chi connectivity index (χ4v) is 3.31. The van der Waals surface area contributed by atoms with Gasteiger partial charge in [0.1, 0.15) is 0 Å². The van der Waals surface area contributed by atoms with Gasteiger partial charge in [0.15, 0.2) is 0 Å². The second kappa shape index (κ2) is 7.28. The average Bonchev–Trinajstić information content (AvgIpc) is 3.08. The summed E-state index contributed by atoms with van der Waals surface area (Å²) in [6.45, 7) is 2.05. The fourth-order valence-electron chi connectivity index (χ4n) is 3.31. The van der Waals surface area contributed by atoms with Gasteiger partial charge in [-0.05, 0) is 24.3 Å². The number of morpholine rings is 1. The zero-order chi connectivity index (χ0) is 20.6. The zero-order valence-corrected chi connectivity index (χ0v) is 15.1. The van der Waals surface area contributed by atoms with Crippen molar-refractivity contribution in [2.24, 2.45) is 0 Å². The van der Waals surface area contributed by atoms with E-state index in [-0.39, 0.29) is 17.2 Å². The van der Waals surface area contributed by atoms with E-state index in [0.717, 1.165) is 6.07 Å². The number of anilines is 3. The van der Waals surface area contributed by atoms with Crippen molar-refractivity contribution in [3.05, 3.63) is 47.5 Å². The molecule has 3 N–H and O–H groups in total. The molecule has 1 aliphatic rings. The Hall–Kier alpha value is -3.27. The molecule has 2 heterocycles. The molecule has 1 fully saturated rings. The normalized spacial score (nSPS) is 14.9. The van der Waals surface area contributed by atoms with Gasteiger partial charge < -0.3 is 25.0 Å². The number of H-pyrrole nitrogens is 1. The maximum absolute atomic E-state index is 13.2. The highest BCUT2D eigenvalue weighted by Gasteiger charge is 2.33. The number of aromatic amines is 1. The van der Waals surface area contributed by atoms with Crippen LogP contribution in [0.5, 0.6) is 0 Å². The van der Waals surface area contributed by atoms with Crippen LogP contribution in [0.3, 0.4) is 0 Å². The van der Waals surface area contributed by atoms with Crippen molar-refractivity contribution in [3.8, 4) is 0 Å². The van der Waals surface area contributed by atoms with Crippen LogP contribution >= 0.6 is 0 Å². The molecule has 2 aromatic carbocycles. The third kappa shape index (κ3) is 3.83. The Morgan fingerprint density at radius 1 is 1.21 bits per heavy atom. The number of para-hydroxylation sites is 1. The first-order chi connectivity index (χ1) is 13.8.